The molecule has 8 nitrogen and oxygen atoms in total. The van der Waals surface area contributed by atoms with E-state index in [0.717, 1.165) is 110 Å². The predicted octanol–water partition coefficient (Wildman–Crippen LogP) is 14.3. The molecule has 0 atom stereocenters. The number of benzene rings is 8. The van der Waals surface area contributed by atoms with E-state index in [1.54, 1.807) is 0 Å². The average Bonchev–Trinajstić information content (AvgIpc) is 4.06. The molecule has 13 rings (SSSR count). The number of fused-ring (bicyclic) bond motifs is 12. The molecule has 0 aliphatic heterocycles. The molecule has 5 heterocycles. The second kappa shape index (κ2) is 12.1. The van der Waals surface area contributed by atoms with Crippen LogP contribution in [0.1, 0.15) is 0 Å². The van der Waals surface area contributed by atoms with Gasteiger partial charge >= 0.3 is 0 Å². The fraction of sp³-hybridized carbons (Fsp3) is 0. The zero-order valence-electron chi connectivity index (χ0n) is 31.1. The minimum Gasteiger partial charge on any atom is -0.456 e. The lowest BCUT2D eigenvalue weighted by Gasteiger charge is -2.24. The maximum Gasteiger partial charge on any atom is 0.238 e. The van der Waals surface area contributed by atoms with Crippen molar-refractivity contribution in [2.45, 2.75) is 0 Å². The first kappa shape index (κ1) is 31.9. The van der Waals surface area contributed by atoms with Gasteiger partial charge in [0.2, 0.25) is 5.95 Å². The molecule has 5 aromatic heterocycles. The Labute approximate surface area is 334 Å². The first-order chi connectivity index (χ1) is 29.2. The largest absolute Gasteiger partial charge is 0.456 e. The van der Waals surface area contributed by atoms with Crippen LogP contribution in [-0.2, 0) is 0 Å². The summed E-state index contributed by atoms with van der Waals surface area (Å²) in [6.07, 6.45) is 0. The average molecular weight is 761 g/mol. The van der Waals surface area contributed by atoms with Gasteiger partial charge in [-0.25, -0.2) is 4.98 Å². The van der Waals surface area contributed by atoms with Crippen LogP contribution >= 0.6 is 0 Å². The van der Waals surface area contributed by atoms with E-state index in [1.807, 2.05) is 109 Å². The molecule has 0 aliphatic rings. The van der Waals surface area contributed by atoms with Gasteiger partial charge in [-0.1, -0.05) is 78.9 Å². The smallest absolute Gasteiger partial charge is 0.238 e. The summed E-state index contributed by atoms with van der Waals surface area (Å²) in [5.41, 5.74) is 9.65. The quantitative estimate of drug-likeness (QED) is 0.171. The summed E-state index contributed by atoms with van der Waals surface area (Å²) in [5, 5.41) is 8.01. The topological polar surface area (TPSA) is 94.5 Å². The van der Waals surface area contributed by atoms with E-state index >= 15 is 0 Å². The maximum atomic E-state index is 6.46. The molecule has 0 saturated heterocycles. The Morgan fingerprint density at radius 2 is 0.780 bits per heavy atom. The van der Waals surface area contributed by atoms with Crippen LogP contribution < -0.4 is 4.90 Å². The lowest BCUT2D eigenvalue weighted by Crippen LogP contribution is -2.15. The molecule has 0 unspecified atom stereocenters. The standard InChI is InChI=1S/C51H28N4O4/c1-5-15-40-32(10-1)35-23-22-31(28-47(35)59-40)55(39-14-9-19-46-48(39)36-13-4-8-18-43(36)58-46)51-53-49(29-20-24-44-37(26-29)33-11-2-6-16-41(33)56-44)52-50(54-51)30-21-25-45-38(27-30)34-12-3-7-17-42(34)57-45/h1-28H. The molecule has 8 aromatic carbocycles. The van der Waals surface area contributed by atoms with Crippen molar-refractivity contribution in [3.8, 4) is 22.8 Å². The van der Waals surface area contributed by atoms with Crippen LogP contribution in [0, 0.1) is 0 Å². The molecule has 0 radical (unpaired) electrons. The highest BCUT2D eigenvalue weighted by Crippen LogP contribution is 2.44. The fourth-order valence-electron chi connectivity index (χ4n) is 8.61. The zero-order valence-corrected chi connectivity index (χ0v) is 31.1. The van der Waals surface area contributed by atoms with E-state index in [1.165, 1.54) is 0 Å². The minimum atomic E-state index is 0.424. The van der Waals surface area contributed by atoms with Crippen molar-refractivity contribution >= 4 is 105 Å². The highest BCUT2D eigenvalue weighted by molar-refractivity contribution is 6.14. The van der Waals surface area contributed by atoms with Gasteiger partial charge in [-0.3, -0.25) is 4.90 Å². The van der Waals surface area contributed by atoms with E-state index in [4.69, 9.17) is 32.6 Å². The molecule has 13 aromatic rings. The predicted molar refractivity (Wildman–Crippen MR) is 234 cm³/mol. The maximum absolute atomic E-state index is 6.46. The number of aromatic nitrogens is 3. The summed E-state index contributed by atoms with van der Waals surface area (Å²) in [5.74, 6) is 1.44. The van der Waals surface area contributed by atoms with Gasteiger partial charge in [-0.15, -0.1) is 0 Å². The normalized spacial score (nSPS) is 12.1. The number of hydrogen-bond acceptors (Lipinski definition) is 8. The van der Waals surface area contributed by atoms with E-state index in [9.17, 15) is 0 Å². The molecule has 0 N–H and O–H groups in total. The molecular formula is C51H28N4O4. The van der Waals surface area contributed by atoms with Gasteiger partial charge in [0.1, 0.15) is 44.7 Å². The number of anilines is 3. The zero-order chi connectivity index (χ0) is 38.6. The van der Waals surface area contributed by atoms with Gasteiger partial charge in [0, 0.05) is 54.9 Å². The van der Waals surface area contributed by atoms with Crippen molar-refractivity contribution in [3.63, 3.8) is 0 Å². The fourth-order valence-corrected chi connectivity index (χ4v) is 8.61. The molecule has 276 valence electrons. The van der Waals surface area contributed by atoms with Crippen LogP contribution in [-0.4, -0.2) is 15.0 Å². The van der Waals surface area contributed by atoms with Crippen LogP contribution in [0.15, 0.2) is 188 Å². The summed E-state index contributed by atoms with van der Waals surface area (Å²) < 4.78 is 25.3. The van der Waals surface area contributed by atoms with Crippen molar-refractivity contribution in [2.24, 2.45) is 0 Å². The highest BCUT2D eigenvalue weighted by atomic mass is 16.3. The van der Waals surface area contributed by atoms with Crippen LogP contribution in [0.3, 0.4) is 0 Å². The minimum absolute atomic E-state index is 0.424. The number of furan rings is 4. The number of rotatable bonds is 5. The second-order valence-electron chi connectivity index (χ2n) is 14.8. The number of para-hydroxylation sites is 4. The third-order valence-corrected chi connectivity index (χ3v) is 11.3. The van der Waals surface area contributed by atoms with E-state index in [2.05, 4.69) is 65.6 Å². The molecule has 0 spiro atoms. The molecule has 0 aliphatic carbocycles. The molecule has 0 saturated carbocycles. The van der Waals surface area contributed by atoms with Crippen LogP contribution in [0.25, 0.3) is 111 Å². The molecule has 59 heavy (non-hydrogen) atoms. The summed E-state index contributed by atoms with van der Waals surface area (Å²) in [7, 11) is 0. The molecule has 0 amide bonds. The molecule has 0 bridgehead atoms. The third-order valence-electron chi connectivity index (χ3n) is 11.3. The summed E-state index contributed by atoms with van der Waals surface area (Å²) in [6, 6.07) is 56.9. The lowest BCUT2D eigenvalue weighted by molar-refractivity contribution is 0.668. The summed E-state index contributed by atoms with van der Waals surface area (Å²) in [6.45, 7) is 0. The van der Waals surface area contributed by atoms with Crippen LogP contribution in [0.5, 0.6) is 0 Å². The Kier molecular flexibility index (Phi) is 6.56. The third kappa shape index (κ3) is 4.87. The van der Waals surface area contributed by atoms with Gasteiger partial charge in [0.15, 0.2) is 11.6 Å². The van der Waals surface area contributed by atoms with E-state index in [0.29, 0.717) is 17.6 Å². The Hall–Kier alpha value is -8.23. The van der Waals surface area contributed by atoms with E-state index < -0.39 is 0 Å². The van der Waals surface area contributed by atoms with Crippen molar-refractivity contribution in [1.29, 1.82) is 0 Å². The Balaban J connectivity index is 1.10. The van der Waals surface area contributed by atoms with Crippen molar-refractivity contribution in [1.82, 2.24) is 15.0 Å². The first-order valence-corrected chi connectivity index (χ1v) is 19.4. The second-order valence-corrected chi connectivity index (χ2v) is 14.8. The van der Waals surface area contributed by atoms with E-state index in [-0.39, 0.29) is 0 Å². The molecular weight excluding hydrogens is 733 g/mol. The number of nitrogens with zero attached hydrogens (tertiary/aromatic N) is 4. The van der Waals surface area contributed by atoms with Gasteiger partial charge in [0.25, 0.3) is 0 Å². The van der Waals surface area contributed by atoms with Gasteiger partial charge in [0.05, 0.1) is 16.8 Å². The van der Waals surface area contributed by atoms with Gasteiger partial charge in [-0.05, 0) is 84.9 Å². The van der Waals surface area contributed by atoms with Crippen LogP contribution in [0.2, 0.25) is 0 Å². The lowest BCUT2D eigenvalue weighted by atomic mass is 10.1. The first-order valence-electron chi connectivity index (χ1n) is 19.4. The summed E-state index contributed by atoms with van der Waals surface area (Å²) in [4.78, 5) is 18.0. The van der Waals surface area contributed by atoms with Gasteiger partial charge in [-0.2, -0.15) is 9.97 Å². The van der Waals surface area contributed by atoms with Crippen LogP contribution in [0.4, 0.5) is 17.3 Å². The van der Waals surface area contributed by atoms with Crippen molar-refractivity contribution in [2.75, 3.05) is 4.90 Å². The molecule has 8 heteroatoms. The SMILES string of the molecule is c1ccc2c(c1)oc1cc(N(c3nc(-c4ccc5oc6ccccc6c5c4)nc(-c4ccc5oc6ccccc6c5c4)n3)c3cccc4oc5ccccc5c34)ccc12. The number of hydrogen-bond donors (Lipinski definition) is 0. The monoisotopic (exact) mass is 760 g/mol. The Bertz CT molecular complexity index is 3700. The highest BCUT2D eigenvalue weighted by Gasteiger charge is 2.25. The van der Waals surface area contributed by atoms with Gasteiger partial charge < -0.3 is 17.7 Å². The summed E-state index contributed by atoms with van der Waals surface area (Å²) >= 11 is 0. The Morgan fingerprint density at radius 3 is 1.39 bits per heavy atom. The molecule has 0 fully saturated rings. The van der Waals surface area contributed by atoms with Crippen molar-refractivity contribution < 1.29 is 17.7 Å². The van der Waals surface area contributed by atoms with Crippen molar-refractivity contribution in [3.05, 3.63) is 170 Å². The Morgan fingerprint density at radius 1 is 0.322 bits per heavy atom.